The van der Waals surface area contributed by atoms with Crippen molar-refractivity contribution in [3.63, 3.8) is 0 Å². The van der Waals surface area contributed by atoms with Gasteiger partial charge in [-0.1, -0.05) is 81.2 Å². The van der Waals surface area contributed by atoms with Crippen LogP contribution in [0.4, 0.5) is 0 Å². The number of aliphatic hydroxyl groups excluding tert-OH is 1. The van der Waals surface area contributed by atoms with Crippen LogP contribution in [0, 0.1) is 0 Å². The zero-order valence-electron chi connectivity index (χ0n) is 31.1. The largest absolute Gasteiger partial charge is 0.468 e. The molecule has 0 fully saturated rings. The Kier molecular flexibility index (Phi) is 16.6. The number of hydrogen-bond acceptors (Lipinski definition) is 8. The van der Waals surface area contributed by atoms with E-state index in [2.05, 4.69) is 13.2 Å². The predicted molar refractivity (Wildman–Crippen MR) is 225 cm³/mol. The van der Waals surface area contributed by atoms with Crippen LogP contribution in [0.1, 0.15) is 47.2 Å². The number of fused-ring (bicyclic) bond motifs is 2. The summed E-state index contributed by atoms with van der Waals surface area (Å²) in [5.41, 5.74) is 4.75. The third-order valence-corrected chi connectivity index (χ3v) is 8.39. The standard InChI is InChI=1S/C22H21NO4.C19H19NO3.C3H3ClO.CH4/c1-4-21(24)27-14-26-18-11-9-16(10-12-18)19-13-17-7-5-6-8-20(17)23(15(2)3)22(19)25;1-13(2)20-18-6-4-3-5-15(18)11-17(19(20)22)14-7-9-16(10-8-14)23-12-21;1-2-3(4)5;/h4-13,15H,1,14H2,2-3H3;3-11,13,21H,12H2,1-2H3;2H,1H2;1H4. The Hall–Kier alpha value is -6.23. The van der Waals surface area contributed by atoms with Crippen LogP contribution >= 0.6 is 11.6 Å². The minimum atomic E-state index is -0.544. The van der Waals surface area contributed by atoms with Crippen LogP contribution in [0.5, 0.6) is 11.5 Å². The van der Waals surface area contributed by atoms with E-state index in [1.54, 1.807) is 24.3 Å². The molecule has 10 nitrogen and oxygen atoms in total. The van der Waals surface area contributed by atoms with Gasteiger partial charge in [0.2, 0.25) is 12.0 Å². The summed E-state index contributed by atoms with van der Waals surface area (Å²) in [7, 11) is 0. The number of carbonyl (C=O) groups is 2. The number of benzene rings is 4. The maximum atomic E-state index is 13.1. The summed E-state index contributed by atoms with van der Waals surface area (Å²) in [5, 5.41) is 10.3. The number of aromatic nitrogens is 2. The lowest BCUT2D eigenvalue weighted by Gasteiger charge is -2.16. The minimum absolute atomic E-state index is 0. The van der Waals surface area contributed by atoms with E-state index in [4.69, 9.17) is 30.9 Å². The normalized spacial score (nSPS) is 10.4. The van der Waals surface area contributed by atoms with Crippen molar-refractivity contribution in [3.8, 4) is 33.8 Å². The SMILES string of the molecule is C.C=CC(=O)Cl.C=CC(=O)OCOc1ccc(-c2cc3ccccc3n(C(C)C)c2=O)cc1.CC(C)n1c(=O)c(-c2ccc(OCO)cc2)cc2ccccc21. The molecule has 6 aromatic rings. The van der Waals surface area contributed by atoms with Gasteiger partial charge in [-0.2, -0.15) is 0 Å². The second-order valence-electron chi connectivity index (χ2n) is 12.5. The van der Waals surface area contributed by atoms with E-state index in [0.717, 1.165) is 45.1 Å². The zero-order chi connectivity index (χ0) is 40.1. The Morgan fingerprint density at radius 1 is 0.679 bits per heavy atom. The van der Waals surface area contributed by atoms with Crippen molar-refractivity contribution in [3.05, 3.63) is 155 Å². The molecule has 2 aromatic heterocycles. The Labute approximate surface area is 331 Å². The van der Waals surface area contributed by atoms with Crippen LogP contribution in [0.15, 0.2) is 144 Å². The van der Waals surface area contributed by atoms with Crippen LogP contribution in [-0.4, -0.2) is 39.0 Å². The smallest absolute Gasteiger partial charge is 0.333 e. The van der Waals surface area contributed by atoms with E-state index in [0.29, 0.717) is 22.6 Å². The number of para-hydroxylation sites is 2. The van der Waals surface area contributed by atoms with E-state index >= 15 is 0 Å². The zero-order valence-corrected chi connectivity index (χ0v) is 31.9. The number of rotatable bonds is 11. The number of aliphatic hydroxyl groups is 1. The fourth-order valence-electron chi connectivity index (χ4n) is 5.76. The van der Waals surface area contributed by atoms with Gasteiger partial charge in [0, 0.05) is 29.3 Å². The number of ether oxygens (including phenoxy) is 3. The van der Waals surface area contributed by atoms with Gasteiger partial charge in [-0.25, -0.2) is 4.79 Å². The van der Waals surface area contributed by atoms with Gasteiger partial charge >= 0.3 is 5.97 Å². The first-order valence-electron chi connectivity index (χ1n) is 17.4. The molecule has 0 aliphatic carbocycles. The summed E-state index contributed by atoms with van der Waals surface area (Å²) >= 11 is 4.71. The second kappa shape index (κ2) is 21.0. The average Bonchev–Trinajstić information content (AvgIpc) is 3.18. The van der Waals surface area contributed by atoms with Gasteiger partial charge in [0.15, 0.2) is 6.79 Å². The molecule has 0 atom stereocenters. The van der Waals surface area contributed by atoms with Crippen LogP contribution in [-0.2, 0) is 14.3 Å². The Bertz CT molecular complexity index is 2400. The summed E-state index contributed by atoms with van der Waals surface area (Å²) in [6.45, 7) is 13.9. The van der Waals surface area contributed by atoms with Crippen molar-refractivity contribution in [2.75, 3.05) is 13.6 Å². The van der Waals surface area contributed by atoms with Crippen LogP contribution in [0.25, 0.3) is 44.1 Å². The number of nitrogens with zero attached hydrogens (tertiary/aromatic N) is 2. The molecule has 0 saturated carbocycles. The summed E-state index contributed by atoms with van der Waals surface area (Å²) in [5.74, 6) is 0.568. The molecular weight excluding hydrogens is 732 g/mol. The van der Waals surface area contributed by atoms with Crippen LogP contribution in [0.2, 0.25) is 0 Å². The van der Waals surface area contributed by atoms with E-state index in [1.165, 1.54) is 0 Å². The van der Waals surface area contributed by atoms with Gasteiger partial charge < -0.3 is 28.5 Å². The fourth-order valence-corrected chi connectivity index (χ4v) is 5.76. The molecule has 4 aromatic carbocycles. The maximum absolute atomic E-state index is 13.1. The van der Waals surface area contributed by atoms with Crippen molar-refractivity contribution in [1.82, 2.24) is 9.13 Å². The van der Waals surface area contributed by atoms with E-state index in [9.17, 15) is 19.2 Å². The van der Waals surface area contributed by atoms with Crippen molar-refractivity contribution in [2.24, 2.45) is 0 Å². The molecule has 2 heterocycles. The first kappa shape index (κ1) is 44.2. The number of allylic oxidation sites excluding steroid dienone is 1. The molecule has 0 bridgehead atoms. The number of carbonyl (C=O) groups excluding carboxylic acids is 2. The van der Waals surface area contributed by atoms with E-state index in [1.807, 2.05) is 122 Å². The first-order valence-corrected chi connectivity index (χ1v) is 17.7. The summed E-state index contributed by atoms with van der Waals surface area (Å²) in [6.07, 6.45) is 2.12. The van der Waals surface area contributed by atoms with Gasteiger partial charge in [0.05, 0.1) is 11.0 Å². The molecule has 0 amide bonds. The van der Waals surface area contributed by atoms with Gasteiger partial charge in [-0.15, -0.1) is 0 Å². The van der Waals surface area contributed by atoms with Crippen LogP contribution < -0.4 is 20.6 Å². The quantitative estimate of drug-likeness (QED) is 0.0597. The molecular formula is C45H47ClN2O8. The highest BCUT2D eigenvalue weighted by Gasteiger charge is 2.14. The summed E-state index contributed by atoms with van der Waals surface area (Å²) in [6, 6.07) is 34.0. The molecule has 1 N–H and O–H groups in total. The van der Waals surface area contributed by atoms with Gasteiger partial charge in [0.1, 0.15) is 11.5 Å². The van der Waals surface area contributed by atoms with Crippen molar-refractivity contribution in [1.29, 1.82) is 0 Å². The monoisotopic (exact) mass is 778 g/mol. The lowest BCUT2D eigenvalue weighted by atomic mass is 10.0. The highest BCUT2D eigenvalue weighted by Crippen LogP contribution is 2.26. The lowest BCUT2D eigenvalue weighted by molar-refractivity contribution is -0.144. The van der Waals surface area contributed by atoms with Crippen LogP contribution in [0.3, 0.4) is 0 Å². The van der Waals surface area contributed by atoms with Crippen molar-refractivity contribution in [2.45, 2.75) is 47.2 Å². The number of hydrogen-bond donors (Lipinski definition) is 1. The topological polar surface area (TPSA) is 126 Å². The fraction of sp³-hybridized carbons (Fsp3) is 0.200. The Balaban J connectivity index is 0.000000266. The van der Waals surface area contributed by atoms with Gasteiger partial charge in [0.25, 0.3) is 11.1 Å². The average molecular weight is 779 g/mol. The highest BCUT2D eigenvalue weighted by molar-refractivity contribution is 6.66. The molecule has 0 aliphatic heterocycles. The molecule has 0 radical (unpaired) electrons. The maximum Gasteiger partial charge on any atom is 0.333 e. The third-order valence-electron chi connectivity index (χ3n) is 8.24. The number of pyridine rings is 2. The molecule has 11 heteroatoms. The lowest BCUT2D eigenvalue weighted by Crippen LogP contribution is -2.23. The molecule has 0 spiro atoms. The number of halogens is 1. The van der Waals surface area contributed by atoms with Gasteiger partial charge in [-0.05, 0) is 116 Å². The second-order valence-corrected chi connectivity index (χ2v) is 12.9. The summed E-state index contributed by atoms with van der Waals surface area (Å²) in [4.78, 5) is 46.5. The summed E-state index contributed by atoms with van der Waals surface area (Å²) < 4.78 is 18.8. The molecule has 0 unspecified atom stereocenters. The number of esters is 1. The minimum Gasteiger partial charge on any atom is -0.468 e. The molecule has 0 saturated heterocycles. The highest BCUT2D eigenvalue weighted by atomic mass is 35.5. The Morgan fingerprint density at radius 2 is 1.07 bits per heavy atom. The Morgan fingerprint density at radius 3 is 1.43 bits per heavy atom. The molecule has 292 valence electrons. The molecule has 6 rings (SSSR count). The third kappa shape index (κ3) is 11.2. The molecule has 0 aliphatic rings. The van der Waals surface area contributed by atoms with Gasteiger partial charge in [-0.3, -0.25) is 14.4 Å². The van der Waals surface area contributed by atoms with Crippen molar-refractivity contribution >= 4 is 44.6 Å². The molecule has 56 heavy (non-hydrogen) atoms. The predicted octanol–water partition coefficient (Wildman–Crippen LogP) is 9.47. The van der Waals surface area contributed by atoms with E-state index in [-0.39, 0.29) is 44.2 Å². The van der Waals surface area contributed by atoms with E-state index < -0.39 is 11.2 Å². The first-order chi connectivity index (χ1) is 26.4. The van der Waals surface area contributed by atoms with Crippen molar-refractivity contribution < 1.29 is 28.9 Å².